The van der Waals surface area contributed by atoms with Crippen molar-refractivity contribution in [3.05, 3.63) is 83.3 Å². The number of nitrogens with one attached hydrogen (secondary N) is 3. The molecule has 2 heterocycles. The summed E-state index contributed by atoms with van der Waals surface area (Å²) in [5.74, 6) is 2.48. The van der Waals surface area contributed by atoms with Crippen molar-refractivity contribution in [2.45, 2.75) is 6.54 Å². The summed E-state index contributed by atoms with van der Waals surface area (Å²) in [5, 5.41) is 11.1. The molecule has 0 aliphatic heterocycles. The van der Waals surface area contributed by atoms with E-state index >= 15 is 0 Å². The average Bonchev–Trinajstić information content (AvgIpc) is 3.33. The number of ether oxygens (including phenoxy) is 1. The second kappa shape index (κ2) is 10.3. The van der Waals surface area contributed by atoms with E-state index in [1.165, 1.54) is 0 Å². The number of aromatic nitrogens is 3. The lowest BCUT2D eigenvalue weighted by Crippen LogP contribution is -2.09. The first-order valence-corrected chi connectivity index (χ1v) is 10.0. The van der Waals surface area contributed by atoms with Gasteiger partial charge in [-0.15, -0.1) is 0 Å². The number of benzene rings is 2. The van der Waals surface area contributed by atoms with Gasteiger partial charge in [-0.1, -0.05) is 23.7 Å². The first-order valence-electron chi connectivity index (χ1n) is 9.66. The molecule has 0 aliphatic carbocycles. The van der Waals surface area contributed by atoms with Crippen molar-refractivity contribution in [1.82, 2.24) is 15.0 Å². The lowest BCUT2D eigenvalue weighted by Gasteiger charge is -2.10. The van der Waals surface area contributed by atoms with Crippen molar-refractivity contribution in [3.8, 4) is 5.75 Å². The van der Waals surface area contributed by atoms with E-state index in [0.29, 0.717) is 23.5 Å². The molecule has 0 aliphatic rings. The average molecular weight is 450 g/mol. The lowest BCUT2D eigenvalue weighted by atomic mass is 10.2. The molecule has 0 saturated carbocycles. The van der Waals surface area contributed by atoms with E-state index in [2.05, 4.69) is 36.1 Å². The van der Waals surface area contributed by atoms with Crippen LogP contribution in [-0.2, 0) is 6.54 Å². The molecule has 4 aromatic rings. The summed E-state index contributed by atoms with van der Waals surface area (Å²) in [6.45, 7) is 0.423. The van der Waals surface area contributed by atoms with E-state index in [-0.39, 0.29) is 5.95 Å². The molecule has 0 spiro atoms. The zero-order chi connectivity index (χ0) is 22.2. The SMILES string of the molecule is COc1ccc(Nc2nc(NCc3ccco3)nc(N/N=C\c3ccc(Cl)cc3)n2)cc1. The normalized spacial score (nSPS) is 10.8. The topological polar surface area (TPSA) is 109 Å². The summed E-state index contributed by atoms with van der Waals surface area (Å²) >= 11 is 5.91. The number of halogens is 1. The third kappa shape index (κ3) is 5.96. The molecule has 0 bridgehead atoms. The van der Waals surface area contributed by atoms with Crippen molar-refractivity contribution < 1.29 is 9.15 Å². The number of methoxy groups -OCH3 is 1. The van der Waals surface area contributed by atoms with Crippen molar-refractivity contribution >= 4 is 41.3 Å². The summed E-state index contributed by atoms with van der Waals surface area (Å²) in [6, 6.07) is 18.4. The summed E-state index contributed by atoms with van der Waals surface area (Å²) in [7, 11) is 1.62. The monoisotopic (exact) mass is 449 g/mol. The Bertz CT molecular complexity index is 1160. The van der Waals surface area contributed by atoms with E-state index in [1.54, 1.807) is 31.7 Å². The summed E-state index contributed by atoms with van der Waals surface area (Å²) in [6.07, 6.45) is 3.26. The van der Waals surface area contributed by atoms with Crippen molar-refractivity contribution in [2.24, 2.45) is 5.10 Å². The molecule has 162 valence electrons. The van der Waals surface area contributed by atoms with Crippen molar-refractivity contribution in [1.29, 1.82) is 0 Å². The fraction of sp³-hybridized carbons (Fsp3) is 0.0909. The Morgan fingerprint density at radius 2 is 1.72 bits per heavy atom. The minimum Gasteiger partial charge on any atom is -0.497 e. The van der Waals surface area contributed by atoms with Gasteiger partial charge in [0.15, 0.2) is 0 Å². The number of hydrogen-bond acceptors (Lipinski definition) is 9. The van der Waals surface area contributed by atoms with Crippen molar-refractivity contribution in [2.75, 3.05) is 23.2 Å². The molecule has 3 N–H and O–H groups in total. The fourth-order valence-corrected chi connectivity index (χ4v) is 2.78. The molecule has 32 heavy (non-hydrogen) atoms. The van der Waals surface area contributed by atoms with Gasteiger partial charge in [-0.2, -0.15) is 20.1 Å². The van der Waals surface area contributed by atoms with Gasteiger partial charge in [-0.3, -0.25) is 0 Å². The van der Waals surface area contributed by atoms with Crippen LogP contribution < -0.4 is 20.8 Å². The molecule has 2 aromatic carbocycles. The standard InChI is InChI=1S/C22H20ClN7O2/c1-31-18-10-8-17(9-11-18)26-21-27-20(24-14-19-3-2-12-32-19)28-22(29-21)30-25-13-15-4-6-16(23)7-5-15/h2-13H,14H2,1H3,(H3,24,26,27,28,29,30)/b25-13-. The highest BCUT2D eigenvalue weighted by Crippen LogP contribution is 2.19. The highest BCUT2D eigenvalue weighted by Gasteiger charge is 2.08. The van der Waals surface area contributed by atoms with Gasteiger partial charge in [0.25, 0.3) is 0 Å². The Kier molecular flexibility index (Phi) is 6.78. The summed E-state index contributed by atoms with van der Waals surface area (Å²) in [4.78, 5) is 13.2. The Morgan fingerprint density at radius 1 is 0.969 bits per heavy atom. The fourth-order valence-electron chi connectivity index (χ4n) is 2.66. The number of furan rings is 1. The van der Waals surface area contributed by atoms with E-state index < -0.39 is 0 Å². The Labute approximate surface area is 189 Å². The molecule has 0 unspecified atom stereocenters. The number of rotatable bonds is 9. The van der Waals surface area contributed by atoms with Crippen LogP contribution in [0, 0.1) is 0 Å². The molecule has 0 radical (unpaired) electrons. The predicted molar refractivity (Wildman–Crippen MR) is 125 cm³/mol. The van der Waals surface area contributed by atoms with E-state index in [9.17, 15) is 0 Å². The predicted octanol–water partition coefficient (Wildman–Crippen LogP) is 4.93. The highest BCUT2D eigenvalue weighted by molar-refractivity contribution is 6.30. The highest BCUT2D eigenvalue weighted by atomic mass is 35.5. The number of hydrazone groups is 1. The third-order valence-corrected chi connectivity index (χ3v) is 4.48. The minimum absolute atomic E-state index is 0.267. The second-order valence-corrected chi connectivity index (χ2v) is 6.95. The van der Waals surface area contributed by atoms with Crippen LogP contribution in [0.25, 0.3) is 0 Å². The number of anilines is 4. The maximum atomic E-state index is 5.91. The smallest absolute Gasteiger partial charge is 0.250 e. The maximum Gasteiger partial charge on any atom is 0.250 e. The van der Waals surface area contributed by atoms with Crippen LogP contribution >= 0.6 is 11.6 Å². The minimum atomic E-state index is 0.267. The van der Waals surface area contributed by atoms with Gasteiger partial charge in [-0.25, -0.2) is 5.43 Å². The Morgan fingerprint density at radius 3 is 2.44 bits per heavy atom. The van der Waals surface area contributed by atoms with Crippen LogP contribution in [0.15, 0.2) is 76.4 Å². The second-order valence-electron chi connectivity index (χ2n) is 6.51. The number of nitrogens with zero attached hydrogens (tertiary/aromatic N) is 4. The molecule has 9 nitrogen and oxygen atoms in total. The Hall–Kier alpha value is -4.11. The molecule has 4 rings (SSSR count). The van der Waals surface area contributed by atoms with Gasteiger partial charge in [0.05, 0.1) is 26.1 Å². The van der Waals surface area contributed by atoms with Crippen LogP contribution in [0.2, 0.25) is 5.02 Å². The van der Waals surface area contributed by atoms with Gasteiger partial charge < -0.3 is 19.8 Å². The van der Waals surface area contributed by atoms with Gasteiger partial charge in [0, 0.05) is 10.7 Å². The third-order valence-electron chi connectivity index (χ3n) is 4.23. The molecule has 0 fully saturated rings. The van der Waals surface area contributed by atoms with E-state index in [0.717, 1.165) is 22.8 Å². The van der Waals surface area contributed by atoms with Crippen LogP contribution in [0.1, 0.15) is 11.3 Å². The molecule has 10 heteroatoms. The quantitative estimate of drug-likeness (QED) is 0.244. The van der Waals surface area contributed by atoms with Gasteiger partial charge >= 0.3 is 0 Å². The Balaban J connectivity index is 1.51. The van der Waals surface area contributed by atoms with Crippen LogP contribution in [0.4, 0.5) is 23.5 Å². The van der Waals surface area contributed by atoms with Crippen LogP contribution in [-0.4, -0.2) is 28.3 Å². The van der Waals surface area contributed by atoms with Crippen molar-refractivity contribution in [3.63, 3.8) is 0 Å². The first-order chi connectivity index (χ1) is 15.7. The van der Waals surface area contributed by atoms with Gasteiger partial charge in [0.1, 0.15) is 11.5 Å². The lowest BCUT2D eigenvalue weighted by molar-refractivity contribution is 0.415. The molecular formula is C22H20ClN7O2. The van der Waals surface area contributed by atoms with E-state index in [1.807, 2.05) is 48.5 Å². The van der Waals surface area contributed by atoms with Crippen LogP contribution in [0.3, 0.4) is 0 Å². The van der Waals surface area contributed by atoms with E-state index in [4.69, 9.17) is 20.8 Å². The molecule has 2 aromatic heterocycles. The zero-order valence-electron chi connectivity index (χ0n) is 17.1. The molecule has 0 saturated heterocycles. The maximum absolute atomic E-state index is 5.91. The zero-order valence-corrected chi connectivity index (χ0v) is 17.9. The molecule has 0 atom stereocenters. The largest absolute Gasteiger partial charge is 0.497 e. The van der Waals surface area contributed by atoms with Gasteiger partial charge in [-0.05, 0) is 54.1 Å². The van der Waals surface area contributed by atoms with Crippen LogP contribution in [0.5, 0.6) is 5.75 Å². The molecular weight excluding hydrogens is 430 g/mol. The first kappa shape index (κ1) is 21.1. The number of hydrogen-bond donors (Lipinski definition) is 3. The molecule has 0 amide bonds. The van der Waals surface area contributed by atoms with Gasteiger partial charge in [0.2, 0.25) is 17.8 Å². The summed E-state index contributed by atoms with van der Waals surface area (Å²) in [5.41, 5.74) is 4.51. The summed E-state index contributed by atoms with van der Waals surface area (Å²) < 4.78 is 10.5.